The largest absolute Gasteiger partial charge is 0.193 e. The van der Waals surface area contributed by atoms with Gasteiger partial charge in [-0.2, -0.15) is 5.26 Å². The molecule has 1 heteroatoms. The Morgan fingerprint density at radius 3 is 1.77 bits per heavy atom. The van der Waals surface area contributed by atoms with E-state index in [0.29, 0.717) is 0 Å². The molecule has 0 aliphatic rings. The van der Waals surface area contributed by atoms with E-state index < -0.39 is 0 Å². The average molecular weight is 173 g/mol. The van der Waals surface area contributed by atoms with Crippen LogP contribution in [0, 0.1) is 25.2 Å². The molecule has 0 spiro atoms. The summed E-state index contributed by atoms with van der Waals surface area (Å²) < 4.78 is 0. The van der Waals surface area contributed by atoms with E-state index in [1.165, 1.54) is 17.2 Å². The highest BCUT2D eigenvalue weighted by molar-refractivity contribution is 5.23. The topological polar surface area (TPSA) is 23.8 Å². The molecule has 0 aromatic heterocycles. The van der Waals surface area contributed by atoms with Crippen molar-refractivity contribution in [1.82, 2.24) is 0 Å². The number of rotatable bonds is 0. The summed E-state index contributed by atoms with van der Waals surface area (Å²) in [6, 6.07) is 10.2. The molecular formula is C12H15N. The Morgan fingerprint density at radius 2 is 1.62 bits per heavy atom. The maximum Gasteiger partial charge on any atom is 0.0908 e. The van der Waals surface area contributed by atoms with Crippen LogP contribution in [0.4, 0.5) is 0 Å². The minimum absolute atomic E-state index is 1.37. The molecule has 1 aromatic carbocycles. The Balaban J connectivity index is 0.000000252. The van der Waals surface area contributed by atoms with E-state index in [9.17, 15) is 0 Å². The van der Waals surface area contributed by atoms with Crippen molar-refractivity contribution in [1.29, 1.82) is 5.26 Å². The lowest BCUT2D eigenvalue weighted by atomic mass is 10.1. The van der Waals surface area contributed by atoms with Gasteiger partial charge in [0, 0.05) is 6.08 Å². The van der Waals surface area contributed by atoms with Crippen LogP contribution < -0.4 is 0 Å². The monoisotopic (exact) mass is 173 g/mol. The third-order valence-electron chi connectivity index (χ3n) is 1.67. The van der Waals surface area contributed by atoms with E-state index in [-0.39, 0.29) is 0 Å². The fourth-order valence-corrected chi connectivity index (χ4v) is 0.737. The van der Waals surface area contributed by atoms with Crippen molar-refractivity contribution in [2.45, 2.75) is 20.8 Å². The maximum absolute atomic E-state index is 7.73. The quantitative estimate of drug-likeness (QED) is 0.552. The van der Waals surface area contributed by atoms with Gasteiger partial charge in [-0.1, -0.05) is 30.3 Å². The van der Waals surface area contributed by atoms with Crippen LogP contribution in [0.5, 0.6) is 0 Å². The summed E-state index contributed by atoms with van der Waals surface area (Å²) in [7, 11) is 0. The highest BCUT2D eigenvalue weighted by Crippen LogP contribution is 2.02. The molecule has 1 aromatic rings. The van der Waals surface area contributed by atoms with Gasteiger partial charge in [-0.3, -0.25) is 0 Å². The zero-order valence-corrected chi connectivity index (χ0v) is 8.41. The van der Waals surface area contributed by atoms with E-state index in [0.717, 1.165) is 0 Å². The molecular weight excluding hydrogens is 158 g/mol. The van der Waals surface area contributed by atoms with E-state index in [1.54, 1.807) is 6.08 Å². The summed E-state index contributed by atoms with van der Waals surface area (Å²) in [5, 5.41) is 7.73. The Kier molecular flexibility index (Phi) is 6.27. The molecule has 0 unspecified atom stereocenters. The fourth-order valence-electron chi connectivity index (χ4n) is 0.737. The smallest absolute Gasteiger partial charge is 0.0908 e. The third kappa shape index (κ3) is 5.69. The molecule has 1 nitrogen and oxygen atoms in total. The Hall–Kier alpha value is -1.55. The fraction of sp³-hybridized carbons (Fsp3) is 0.250. The second-order valence-corrected chi connectivity index (χ2v) is 2.71. The minimum atomic E-state index is 1.37. The number of nitrogens with zero attached hydrogens (tertiary/aromatic N) is 1. The molecule has 0 bridgehead atoms. The second-order valence-electron chi connectivity index (χ2n) is 2.71. The highest BCUT2D eigenvalue weighted by Gasteiger charge is 1.83. The van der Waals surface area contributed by atoms with Gasteiger partial charge in [0.1, 0.15) is 0 Å². The molecule has 0 N–H and O–H groups in total. The van der Waals surface area contributed by atoms with Crippen LogP contribution in [0.2, 0.25) is 0 Å². The molecule has 0 saturated carbocycles. The van der Waals surface area contributed by atoms with Crippen LogP contribution in [0.3, 0.4) is 0 Å². The number of allylic oxidation sites excluding steroid dienone is 2. The van der Waals surface area contributed by atoms with Gasteiger partial charge in [0.05, 0.1) is 6.07 Å². The molecule has 0 atom stereocenters. The molecule has 0 aliphatic heterocycles. The van der Waals surface area contributed by atoms with Crippen molar-refractivity contribution < 1.29 is 0 Å². The standard InChI is InChI=1S/C8H10.C4H5N/c1-7-5-3-4-6-8(7)2;1-2-3-4-5/h3-6H,1-2H3;2-3H,1H3/b;3-2+. The van der Waals surface area contributed by atoms with Crippen LogP contribution in [-0.2, 0) is 0 Å². The van der Waals surface area contributed by atoms with E-state index in [4.69, 9.17) is 5.26 Å². The zero-order chi connectivity index (χ0) is 10.1. The van der Waals surface area contributed by atoms with Crippen molar-refractivity contribution in [2.75, 3.05) is 0 Å². The lowest BCUT2D eigenvalue weighted by molar-refractivity contribution is 1.34. The Labute approximate surface area is 80.3 Å². The number of hydrogen-bond acceptors (Lipinski definition) is 1. The molecule has 13 heavy (non-hydrogen) atoms. The predicted octanol–water partition coefficient (Wildman–Crippen LogP) is 3.39. The molecule has 1 rings (SSSR count). The van der Waals surface area contributed by atoms with Gasteiger partial charge in [0.25, 0.3) is 0 Å². The lowest BCUT2D eigenvalue weighted by Crippen LogP contribution is -1.74. The zero-order valence-electron chi connectivity index (χ0n) is 8.41. The summed E-state index contributed by atoms with van der Waals surface area (Å²) in [5.41, 5.74) is 2.74. The lowest BCUT2D eigenvalue weighted by Gasteiger charge is -1.93. The molecule has 0 radical (unpaired) electrons. The van der Waals surface area contributed by atoms with E-state index >= 15 is 0 Å². The first-order valence-electron chi connectivity index (χ1n) is 4.25. The first-order chi connectivity index (χ1) is 6.22. The minimum Gasteiger partial charge on any atom is -0.193 e. The van der Waals surface area contributed by atoms with Gasteiger partial charge in [-0.15, -0.1) is 0 Å². The average Bonchev–Trinajstić information content (AvgIpc) is 2.13. The normalized spacial score (nSPS) is 8.77. The van der Waals surface area contributed by atoms with Gasteiger partial charge >= 0.3 is 0 Å². The molecule has 0 heterocycles. The number of benzene rings is 1. The van der Waals surface area contributed by atoms with E-state index in [1.807, 2.05) is 13.0 Å². The van der Waals surface area contributed by atoms with Crippen molar-refractivity contribution in [2.24, 2.45) is 0 Å². The van der Waals surface area contributed by atoms with Crippen molar-refractivity contribution in [3.63, 3.8) is 0 Å². The molecule has 0 saturated heterocycles. The summed E-state index contributed by atoms with van der Waals surface area (Å²) in [5.74, 6) is 0. The van der Waals surface area contributed by atoms with Gasteiger partial charge in [-0.05, 0) is 31.9 Å². The van der Waals surface area contributed by atoms with Gasteiger partial charge < -0.3 is 0 Å². The Bertz CT molecular complexity index is 284. The number of hydrogen-bond donors (Lipinski definition) is 0. The molecule has 0 fully saturated rings. The maximum atomic E-state index is 7.73. The van der Waals surface area contributed by atoms with Crippen LogP contribution in [0.15, 0.2) is 36.4 Å². The molecule has 68 valence electrons. The first-order valence-corrected chi connectivity index (χ1v) is 4.25. The van der Waals surface area contributed by atoms with Crippen molar-refractivity contribution >= 4 is 0 Å². The van der Waals surface area contributed by atoms with Crippen molar-refractivity contribution in [3.8, 4) is 6.07 Å². The Morgan fingerprint density at radius 1 is 1.15 bits per heavy atom. The SMILES string of the molecule is C/C=C/C#N.Cc1ccccc1C. The molecule has 0 aliphatic carbocycles. The van der Waals surface area contributed by atoms with Gasteiger partial charge in [0.2, 0.25) is 0 Å². The van der Waals surface area contributed by atoms with Crippen LogP contribution in [-0.4, -0.2) is 0 Å². The summed E-state index contributed by atoms with van der Waals surface area (Å²) >= 11 is 0. The summed E-state index contributed by atoms with van der Waals surface area (Å²) in [4.78, 5) is 0. The predicted molar refractivity (Wildman–Crippen MR) is 56.3 cm³/mol. The summed E-state index contributed by atoms with van der Waals surface area (Å²) in [6.45, 7) is 6.05. The highest BCUT2D eigenvalue weighted by atomic mass is 14.2. The number of aryl methyl sites for hydroxylation is 2. The van der Waals surface area contributed by atoms with E-state index in [2.05, 4.69) is 38.1 Å². The van der Waals surface area contributed by atoms with Crippen LogP contribution in [0.1, 0.15) is 18.1 Å². The van der Waals surface area contributed by atoms with Gasteiger partial charge in [0.15, 0.2) is 0 Å². The summed E-state index contributed by atoms with van der Waals surface area (Å²) in [6.07, 6.45) is 3.12. The van der Waals surface area contributed by atoms with Crippen LogP contribution >= 0.6 is 0 Å². The molecule has 0 amide bonds. The van der Waals surface area contributed by atoms with Crippen LogP contribution in [0.25, 0.3) is 0 Å². The third-order valence-corrected chi connectivity index (χ3v) is 1.67. The number of nitriles is 1. The first kappa shape index (κ1) is 11.4. The second kappa shape index (κ2) is 7.12. The van der Waals surface area contributed by atoms with Gasteiger partial charge in [-0.25, -0.2) is 0 Å². The van der Waals surface area contributed by atoms with Crippen molar-refractivity contribution in [3.05, 3.63) is 47.5 Å².